The molecule has 0 aromatic carbocycles. The maximum Gasteiger partial charge on any atom is 0.333 e. The largest absolute Gasteiger partial charge is 0.391 e. The van der Waals surface area contributed by atoms with Crippen LogP contribution in [0.4, 0.5) is 0 Å². The van der Waals surface area contributed by atoms with Crippen LogP contribution < -0.4 is 11.5 Å². The third-order valence-electron chi connectivity index (χ3n) is 2.02. The van der Waals surface area contributed by atoms with E-state index in [-0.39, 0.29) is 5.92 Å². The molecule has 0 unspecified atom stereocenters. The average molecular weight is 232 g/mol. The van der Waals surface area contributed by atoms with E-state index >= 15 is 0 Å². The molecule has 0 aromatic rings. The second-order valence-corrected chi connectivity index (χ2v) is 4.24. The molecule has 0 fully saturated rings. The van der Waals surface area contributed by atoms with Crippen LogP contribution in [0.5, 0.6) is 0 Å². The number of hydrogen-bond acceptors (Lipinski definition) is 6. The van der Waals surface area contributed by atoms with Gasteiger partial charge in [-0.25, -0.2) is 9.59 Å². The molecule has 16 heavy (non-hydrogen) atoms. The number of nitrogens with two attached hydrogens (primary N) is 2. The van der Waals surface area contributed by atoms with Crippen LogP contribution in [-0.4, -0.2) is 35.2 Å². The van der Waals surface area contributed by atoms with Crippen LogP contribution in [0.25, 0.3) is 0 Å². The van der Waals surface area contributed by atoms with Crippen molar-refractivity contribution in [3.05, 3.63) is 0 Å². The quantitative estimate of drug-likeness (QED) is 0.419. The Morgan fingerprint density at radius 3 is 2.06 bits per heavy atom. The van der Waals surface area contributed by atoms with Crippen molar-refractivity contribution in [3.8, 4) is 0 Å². The first kappa shape index (κ1) is 15.0. The van der Waals surface area contributed by atoms with Gasteiger partial charge >= 0.3 is 11.9 Å². The topological polar surface area (TPSA) is 116 Å². The average Bonchev–Trinajstić information content (AvgIpc) is 2.14. The molecule has 0 radical (unpaired) electrons. The van der Waals surface area contributed by atoms with Crippen LogP contribution in [0.3, 0.4) is 0 Å². The maximum absolute atomic E-state index is 11.3. The smallest absolute Gasteiger partial charge is 0.333 e. The molecule has 0 aliphatic carbocycles. The summed E-state index contributed by atoms with van der Waals surface area (Å²) in [5, 5.41) is 9.02. The summed E-state index contributed by atoms with van der Waals surface area (Å²) < 4.78 is 4.45. The Balaban J connectivity index is 4.19. The monoisotopic (exact) mass is 232 g/mol. The zero-order valence-electron chi connectivity index (χ0n) is 9.84. The Morgan fingerprint density at radius 1 is 1.19 bits per heavy atom. The Hall–Kier alpha value is -0.980. The molecular weight excluding hydrogens is 212 g/mol. The third kappa shape index (κ3) is 5.20. The predicted molar refractivity (Wildman–Crippen MR) is 58.2 cm³/mol. The second kappa shape index (κ2) is 6.57. The molecule has 0 rings (SSSR count). The van der Waals surface area contributed by atoms with Crippen LogP contribution in [-0.2, 0) is 14.3 Å². The standard InChI is InChI=1S/C10H20N2O4/c1-5(2)4-7(11)9(14)16-10(15)8(12)6(3)13/h5-8,13H,4,11-12H2,1-3H3/t6-,7+,8+/m1/s1. The van der Waals surface area contributed by atoms with Crippen LogP contribution in [0.2, 0.25) is 0 Å². The Kier molecular flexibility index (Phi) is 6.17. The van der Waals surface area contributed by atoms with Gasteiger partial charge in [0.25, 0.3) is 0 Å². The van der Waals surface area contributed by atoms with Gasteiger partial charge in [0.1, 0.15) is 12.1 Å². The first-order valence-corrected chi connectivity index (χ1v) is 5.20. The van der Waals surface area contributed by atoms with Gasteiger partial charge in [0.2, 0.25) is 0 Å². The van der Waals surface area contributed by atoms with Crippen LogP contribution in [0.1, 0.15) is 27.2 Å². The highest BCUT2D eigenvalue weighted by molar-refractivity contribution is 5.90. The van der Waals surface area contributed by atoms with E-state index in [1.54, 1.807) is 0 Å². The zero-order valence-corrected chi connectivity index (χ0v) is 9.84. The van der Waals surface area contributed by atoms with Gasteiger partial charge in [-0.1, -0.05) is 13.8 Å². The second-order valence-electron chi connectivity index (χ2n) is 4.24. The lowest BCUT2D eigenvalue weighted by Gasteiger charge is -2.15. The minimum atomic E-state index is -1.23. The van der Waals surface area contributed by atoms with Crippen LogP contribution in [0, 0.1) is 5.92 Å². The summed E-state index contributed by atoms with van der Waals surface area (Å²) in [5.41, 5.74) is 10.8. The fourth-order valence-electron chi connectivity index (χ4n) is 1.04. The fourth-order valence-corrected chi connectivity index (χ4v) is 1.04. The van der Waals surface area contributed by atoms with Gasteiger partial charge in [-0.2, -0.15) is 0 Å². The highest BCUT2D eigenvalue weighted by atomic mass is 16.6. The highest BCUT2D eigenvalue weighted by Crippen LogP contribution is 2.05. The molecule has 0 saturated carbocycles. The summed E-state index contributed by atoms with van der Waals surface area (Å²) in [6.45, 7) is 5.14. The third-order valence-corrected chi connectivity index (χ3v) is 2.02. The van der Waals surface area contributed by atoms with Crippen LogP contribution in [0.15, 0.2) is 0 Å². The molecule has 0 saturated heterocycles. The molecule has 94 valence electrons. The minimum absolute atomic E-state index is 0.225. The van der Waals surface area contributed by atoms with E-state index in [0.717, 1.165) is 0 Å². The summed E-state index contributed by atoms with van der Waals surface area (Å²) in [5.74, 6) is -1.54. The van der Waals surface area contributed by atoms with Gasteiger partial charge in [0.05, 0.1) is 6.10 Å². The number of esters is 2. The van der Waals surface area contributed by atoms with E-state index in [2.05, 4.69) is 4.74 Å². The van der Waals surface area contributed by atoms with E-state index in [9.17, 15) is 9.59 Å². The molecular formula is C10H20N2O4. The molecule has 0 aromatic heterocycles. The Morgan fingerprint density at radius 2 is 1.69 bits per heavy atom. The van der Waals surface area contributed by atoms with Crippen LogP contribution >= 0.6 is 0 Å². The van der Waals surface area contributed by atoms with E-state index in [1.165, 1.54) is 6.92 Å². The Labute approximate surface area is 94.9 Å². The SMILES string of the molecule is CC(C)C[C@H](N)C(=O)OC(=O)[C@@H](N)[C@@H](C)O. The lowest BCUT2D eigenvalue weighted by Crippen LogP contribution is -2.44. The summed E-state index contributed by atoms with van der Waals surface area (Å²) in [4.78, 5) is 22.5. The summed E-state index contributed by atoms with van der Waals surface area (Å²) >= 11 is 0. The first-order valence-electron chi connectivity index (χ1n) is 5.20. The molecule has 3 atom stereocenters. The normalized spacial score (nSPS) is 16.7. The van der Waals surface area contributed by atoms with Crippen molar-refractivity contribution in [2.24, 2.45) is 17.4 Å². The number of carbonyl (C=O) groups excluding carboxylic acids is 2. The van der Waals surface area contributed by atoms with Gasteiger partial charge in [-0.05, 0) is 19.3 Å². The van der Waals surface area contributed by atoms with E-state index in [4.69, 9.17) is 16.6 Å². The Bertz CT molecular complexity index is 253. The van der Waals surface area contributed by atoms with E-state index in [0.29, 0.717) is 6.42 Å². The van der Waals surface area contributed by atoms with Gasteiger partial charge in [-0.3, -0.25) is 0 Å². The maximum atomic E-state index is 11.3. The molecule has 0 aliphatic heterocycles. The first-order chi connectivity index (χ1) is 7.25. The lowest BCUT2D eigenvalue weighted by molar-refractivity contribution is -0.163. The molecule has 6 nitrogen and oxygen atoms in total. The van der Waals surface area contributed by atoms with Crippen molar-refractivity contribution in [1.29, 1.82) is 0 Å². The number of aliphatic hydroxyl groups is 1. The van der Waals surface area contributed by atoms with Crippen molar-refractivity contribution in [2.75, 3.05) is 0 Å². The number of rotatable bonds is 5. The van der Waals surface area contributed by atoms with Gasteiger partial charge in [0, 0.05) is 0 Å². The lowest BCUT2D eigenvalue weighted by atomic mass is 10.0. The van der Waals surface area contributed by atoms with Crippen molar-refractivity contribution >= 4 is 11.9 Å². The molecule has 5 N–H and O–H groups in total. The molecule has 0 heterocycles. The summed E-state index contributed by atoms with van der Waals surface area (Å²) in [6.07, 6.45) is -0.641. The van der Waals surface area contributed by atoms with Crippen molar-refractivity contribution < 1.29 is 19.4 Å². The van der Waals surface area contributed by atoms with Crippen molar-refractivity contribution in [1.82, 2.24) is 0 Å². The van der Waals surface area contributed by atoms with Gasteiger partial charge in [0.15, 0.2) is 0 Å². The molecule has 0 bridgehead atoms. The van der Waals surface area contributed by atoms with Gasteiger partial charge < -0.3 is 21.3 Å². The zero-order chi connectivity index (χ0) is 12.9. The predicted octanol–water partition coefficient (Wildman–Crippen LogP) is -0.862. The number of carbonyl (C=O) groups is 2. The molecule has 0 amide bonds. The summed E-state index contributed by atoms with van der Waals surface area (Å²) in [7, 11) is 0. The summed E-state index contributed by atoms with van der Waals surface area (Å²) in [6, 6.07) is -2.07. The molecule has 0 aliphatic rings. The van der Waals surface area contributed by atoms with E-state index in [1.807, 2.05) is 13.8 Å². The van der Waals surface area contributed by atoms with Gasteiger partial charge in [-0.15, -0.1) is 0 Å². The number of ether oxygens (including phenoxy) is 1. The number of hydrogen-bond donors (Lipinski definition) is 3. The highest BCUT2D eigenvalue weighted by Gasteiger charge is 2.26. The van der Waals surface area contributed by atoms with Crippen molar-refractivity contribution in [2.45, 2.75) is 45.4 Å². The minimum Gasteiger partial charge on any atom is -0.391 e. The number of aliphatic hydroxyl groups excluding tert-OH is 1. The molecule has 0 spiro atoms. The van der Waals surface area contributed by atoms with E-state index < -0.39 is 30.1 Å². The van der Waals surface area contributed by atoms with Crippen molar-refractivity contribution in [3.63, 3.8) is 0 Å². The fraction of sp³-hybridized carbons (Fsp3) is 0.800. The molecule has 6 heteroatoms.